The summed E-state index contributed by atoms with van der Waals surface area (Å²) in [4.78, 5) is 14.6. The van der Waals surface area contributed by atoms with Gasteiger partial charge in [-0.1, -0.05) is 224 Å². The second-order valence-corrected chi connectivity index (χ2v) is 19.6. The van der Waals surface area contributed by atoms with E-state index in [1.54, 1.807) is 12.1 Å². The van der Waals surface area contributed by atoms with Gasteiger partial charge < -0.3 is 8.98 Å². The van der Waals surface area contributed by atoms with Crippen molar-refractivity contribution in [1.82, 2.24) is 19.5 Å². The molecule has 5 nitrogen and oxygen atoms in total. The number of fused-ring (bicyclic) bond motifs is 6. The average Bonchev–Trinajstić information content (AvgIpc) is 1.51. The minimum atomic E-state index is -3.26. The van der Waals surface area contributed by atoms with Crippen LogP contribution in [0.3, 0.4) is 0 Å². The summed E-state index contributed by atoms with van der Waals surface area (Å²) in [7, 11) is -3.26. The molecule has 6 heteroatoms. The van der Waals surface area contributed by atoms with Crippen molar-refractivity contribution in [1.29, 1.82) is 0 Å². The Morgan fingerprint density at radius 2 is 0.812 bits per heavy atom. The number of benzene rings is 10. The van der Waals surface area contributed by atoms with Gasteiger partial charge in [0, 0.05) is 43.8 Å². The standard InChI is InChI=1S/C63H42N4OSi/c1-4-21-44(22-5-1)69(45-23-6-2-7-24-45,46-25-8-3-9-26-46)47-41-39-43(40-42-47)61-64-62(54-31-11-10-27-48(54)52-33-20-34-53-51-30-15-19-38-59(51)68-60(52)53)66-63(65-61)55-32-14-18-37-58(55)67-56-35-16-12-28-49(56)50-29-13-17-36-57(50)67/h1-42H/i10D,11D,12D,13D,14D,15D,16D,17D,18D,19D,20D,27D,28D,29D,30D,31D,32D,33D,34D,35D,36D,37D,38D. The van der Waals surface area contributed by atoms with Crippen molar-refractivity contribution in [3.8, 4) is 51.0 Å². The lowest BCUT2D eigenvalue weighted by atomic mass is 9.97. The van der Waals surface area contributed by atoms with Crippen LogP contribution in [-0.4, -0.2) is 27.6 Å². The maximum Gasteiger partial charge on any atom is 0.179 e. The minimum Gasteiger partial charge on any atom is -0.455 e. The Morgan fingerprint density at radius 1 is 0.362 bits per heavy atom. The van der Waals surface area contributed by atoms with Crippen molar-refractivity contribution in [2.75, 3.05) is 0 Å². The van der Waals surface area contributed by atoms with Crippen LogP contribution < -0.4 is 20.7 Å². The smallest absolute Gasteiger partial charge is 0.179 e. The van der Waals surface area contributed by atoms with Crippen LogP contribution in [0.4, 0.5) is 0 Å². The van der Waals surface area contributed by atoms with E-state index in [1.165, 1.54) is 0 Å². The number of nitrogens with zero attached hydrogens (tertiary/aromatic N) is 4. The fraction of sp³-hybridized carbons (Fsp3) is 0. The molecule has 0 aliphatic carbocycles. The zero-order valence-corrected chi connectivity index (χ0v) is 36.7. The van der Waals surface area contributed by atoms with Gasteiger partial charge in [0.1, 0.15) is 11.2 Å². The van der Waals surface area contributed by atoms with Gasteiger partial charge in [-0.3, -0.25) is 0 Å². The molecule has 0 unspecified atom stereocenters. The third-order valence-corrected chi connectivity index (χ3v) is 16.9. The molecule has 0 fully saturated rings. The zero-order chi connectivity index (χ0) is 65.7. The lowest BCUT2D eigenvalue weighted by molar-refractivity contribution is 0.670. The summed E-state index contributed by atoms with van der Waals surface area (Å²) in [5.41, 5.74) is -5.29. The van der Waals surface area contributed by atoms with Gasteiger partial charge in [-0.05, 0) is 56.5 Å². The SMILES string of the molecule is [2H]c1c([2H])c([2H])c(-c2c([2H])c([2H])c([2H])c3c2oc2c([2H])c([2H])c([2H])c([2H])c23)c(-c2nc(-c3ccc([Si](c4ccccc4)(c4ccccc4)c4ccccc4)cc3)nc(-c3c([2H])c([2H])c([2H])c([2H])c3-n3c4c([2H])c([2H])c([2H])c([2H])c4c4c([2H])c([2H])c([2H])c([2H])c43)n2)c1[2H]. The predicted octanol–water partition coefficient (Wildman–Crippen LogP) is 12.9. The zero-order valence-electron chi connectivity index (χ0n) is 58.7. The van der Waals surface area contributed by atoms with Crippen LogP contribution in [0, 0.1) is 0 Å². The first-order valence-corrected chi connectivity index (χ1v) is 23.5. The number of para-hydroxylation sites is 5. The number of furan rings is 1. The summed E-state index contributed by atoms with van der Waals surface area (Å²) in [5, 5.41) is 2.20. The molecule has 0 N–H and O–H groups in total. The van der Waals surface area contributed by atoms with Crippen LogP contribution in [0.2, 0.25) is 0 Å². The van der Waals surface area contributed by atoms with E-state index in [4.69, 9.17) is 39.9 Å². The van der Waals surface area contributed by atoms with Crippen molar-refractivity contribution in [2.45, 2.75) is 0 Å². The van der Waals surface area contributed by atoms with Crippen molar-refractivity contribution >= 4 is 72.6 Å². The fourth-order valence-electron chi connectivity index (χ4n) is 9.11. The molecule has 13 rings (SSSR count). The Hall–Kier alpha value is -8.97. The third-order valence-electron chi connectivity index (χ3n) is 12.1. The summed E-state index contributed by atoms with van der Waals surface area (Å²) in [6.45, 7) is 0. The highest BCUT2D eigenvalue weighted by molar-refractivity contribution is 7.19. The van der Waals surface area contributed by atoms with Crippen LogP contribution in [-0.2, 0) is 0 Å². The molecule has 69 heavy (non-hydrogen) atoms. The average molecular weight is 922 g/mol. The highest BCUT2D eigenvalue weighted by Crippen LogP contribution is 2.41. The highest BCUT2D eigenvalue weighted by Gasteiger charge is 2.41. The Morgan fingerprint density at radius 3 is 1.43 bits per heavy atom. The molecule has 0 aliphatic heterocycles. The Balaban J connectivity index is 1.20. The second-order valence-electron chi connectivity index (χ2n) is 15.7. The lowest BCUT2D eigenvalue weighted by Crippen LogP contribution is -2.74. The first-order chi connectivity index (χ1) is 43.8. The molecule has 0 aliphatic rings. The van der Waals surface area contributed by atoms with Gasteiger partial charge in [0.2, 0.25) is 0 Å². The van der Waals surface area contributed by atoms with Crippen molar-refractivity contribution in [3.05, 3.63) is 254 Å². The number of aromatic nitrogens is 4. The third kappa shape index (κ3) is 6.64. The lowest BCUT2D eigenvalue weighted by Gasteiger charge is -2.34. The molecule has 0 bridgehead atoms. The Labute approximate surface area is 432 Å². The molecular formula is C63H42N4OSi. The van der Waals surface area contributed by atoms with Gasteiger partial charge >= 0.3 is 0 Å². The Kier molecular flexibility index (Phi) is 5.61. The fourth-order valence-corrected chi connectivity index (χ4v) is 13.9. The molecule has 10 aromatic carbocycles. The van der Waals surface area contributed by atoms with E-state index in [1.807, 2.05) is 66.7 Å². The summed E-state index contributed by atoms with van der Waals surface area (Å²) in [5.74, 6) is -1.74. The van der Waals surface area contributed by atoms with Crippen molar-refractivity contribution < 1.29 is 35.9 Å². The van der Waals surface area contributed by atoms with Gasteiger partial charge in [0.15, 0.2) is 25.5 Å². The molecule has 3 aromatic heterocycles. The quantitative estimate of drug-likeness (QED) is 0.107. The topological polar surface area (TPSA) is 56.7 Å². The van der Waals surface area contributed by atoms with E-state index in [2.05, 4.69) is 36.4 Å². The minimum absolute atomic E-state index is 0.164. The second kappa shape index (κ2) is 16.7. The van der Waals surface area contributed by atoms with E-state index in [0.29, 0.717) is 0 Å². The van der Waals surface area contributed by atoms with E-state index in [9.17, 15) is 11.0 Å². The molecular weight excluding hydrogens is 857 g/mol. The van der Waals surface area contributed by atoms with Gasteiger partial charge in [0.25, 0.3) is 0 Å². The molecule has 0 spiro atoms. The first kappa shape index (κ1) is 23.2. The maximum atomic E-state index is 9.80. The van der Waals surface area contributed by atoms with Crippen LogP contribution in [0.25, 0.3) is 94.7 Å². The normalized spacial score (nSPS) is 16.4. The molecule has 0 amide bonds. The van der Waals surface area contributed by atoms with Crippen LogP contribution in [0.15, 0.2) is 259 Å². The molecule has 0 atom stereocenters. The molecule has 0 radical (unpaired) electrons. The van der Waals surface area contributed by atoms with E-state index < -0.39 is 225 Å². The van der Waals surface area contributed by atoms with Gasteiger partial charge in [-0.15, -0.1) is 0 Å². The number of hydrogen-bond acceptors (Lipinski definition) is 4. The summed E-state index contributed by atoms with van der Waals surface area (Å²) in [6, 6.07) is 17.8. The van der Waals surface area contributed by atoms with Crippen molar-refractivity contribution in [2.24, 2.45) is 0 Å². The largest absolute Gasteiger partial charge is 0.455 e. The van der Waals surface area contributed by atoms with E-state index in [0.717, 1.165) is 25.3 Å². The monoisotopic (exact) mass is 921 g/mol. The van der Waals surface area contributed by atoms with E-state index in [-0.39, 0.29) is 16.8 Å². The number of hydrogen-bond donors (Lipinski definition) is 0. The molecule has 3 heterocycles. The molecule has 13 aromatic rings. The predicted molar refractivity (Wildman–Crippen MR) is 287 cm³/mol. The Bertz CT molecular complexity index is 5210. The molecule has 324 valence electrons. The van der Waals surface area contributed by atoms with Gasteiger partial charge in [0.05, 0.1) is 48.2 Å². The van der Waals surface area contributed by atoms with Gasteiger partial charge in [-0.2, -0.15) is 0 Å². The van der Waals surface area contributed by atoms with Crippen LogP contribution in [0.1, 0.15) is 31.5 Å². The highest BCUT2D eigenvalue weighted by atomic mass is 28.3. The van der Waals surface area contributed by atoms with Gasteiger partial charge in [-0.25, -0.2) is 15.0 Å². The molecule has 0 saturated carbocycles. The van der Waals surface area contributed by atoms with E-state index >= 15 is 0 Å². The van der Waals surface area contributed by atoms with Crippen LogP contribution in [0.5, 0.6) is 0 Å². The summed E-state index contributed by atoms with van der Waals surface area (Å²) in [6.07, 6.45) is 0. The maximum absolute atomic E-state index is 9.80. The molecule has 0 saturated heterocycles. The summed E-state index contributed by atoms with van der Waals surface area (Å²) < 4.78 is 217. The summed E-state index contributed by atoms with van der Waals surface area (Å²) >= 11 is 0. The van der Waals surface area contributed by atoms with Crippen LogP contribution >= 0.6 is 0 Å². The van der Waals surface area contributed by atoms with Crippen molar-refractivity contribution in [3.63, 3.8) is 0 Å². The first-order valence-electron chi connectivity index (χ1n) is 33.0. The number of rotatable bonds is 9.